The number of rotatable bonds is 4. The lowest BCUT2D eigenvalue weighted by Gasteiger charge is -2.22. The molecule has 0 unspecified atom stereocenters. The minimum Gasteiger partial charge on any atom is -0.0836 e. The van der Waals surface area contributed by atoms with Gasteiger partial charge in [-0.25, -0.2) is 0 Å². The van der Waals surface area contributed by atoms with Crippen molar-refractivity contribution in [3.63, 3.8) is 0 Å². The number of hydrogen-bond acceptors (Lipinski definition) is 0. The van der Waals surface area contributed by atoms with Crippen LogP contribution in [0.3, 0.4) is 0 Å². The molecule has 0 heteroatoms. The maximum atomic E-state index is 2.48. The van der Waals surface area contributed by atoms with Crippen molar-refractivity contribution in [1.29, 1.82) is 0 Å². The molecule has 0 atom stereocenters. The van der Waals surface area contributed by atoms with Crippen LogP contribution in [-0.4, -0.2) is 0 Å². The second kappa shape index (κ2) is 11.0. The summed E-state index contributed by atoms with van der Waals surface area (Å²) in [5.74, 6) is 0. The van der Waals surface area contributed by atoms with Crippen molar-refractivity contribution in [2.24, 2.45) is 0 Å². The van der Waals surface area contributed by atoms with Crippen molar-refractivity contribution in [2.45, 2.75) is 12.8 Å². The van der Waals surface area contributed by atoms with Crippen LogP contribution in [0.25, 0.3) is 82.9 Å². The Balaban J connectivity index is 1.39. The molecule has 0 saturated heterocycles. The van der Waals surface area contributed by atoms with Crippen molar-refractivity contribution in [3.05, 3.63) is 175 Å². The summed E-state index contributed by atoms with van der Waals surface area (Å²) in [5, 5.41) is 7.79. The van der Waals surface area contributed by atoms with E-state index in [9.17, 15) is 0 Å². The Morgan fingerprint density at radius 2 is 0.804 bits per heavy atom. The molecule has 46 heavy (non-hydrogen) atoms. The number of allylic oxidation sites excluding steroid dienone is 1. The summed E-state index contributed by atoms with van der Waals surface area (Å²) in [6.45, 7) is 0. The van der Waals surface area contributed by atoms with E-state index in [1.807, 2.05) is 0 Å². The lowest BCUT2D eigenvalue weighted by Crippen LogP contribution is -1.98. The molecule has 8 aromatic rings. The summed E-state index contributed by atoms with van der Waals surface area (Å²) in [5.41, 5.74) is 12.9. The fourth-order valence-electron chi connectivity index (χ4n) is 7.60. The van der Waals surface area contributed by atoms with Crippen LogP contribution in [0.4, 0.5) is 0 Å². The Morgan fingerprint density at radius 3 is 1.37 bits per heavy atom. The van der Waals surface area contributed by atoms with Crippen LogP contribution >= 0.6 is 0 Å². The van der Waals surface area contributed by atoms with E-state index in [2.05, 4.69) is 170 Å². The second-order valence-corrected chi connectivity index (χ2v) is 12.4. The SMILES string of the molecule is C1=Cc2c(cc(-c3c4ccccc4c(-c4cc(-c5ccccc5)cc(-c5ccccc5)c4)c4ccccc34)c3ccccc23)CC1. The van der Waals surface area contributed by atoms with Crippen LogP contribution in [0.5, 0.6) is 0 Å². The van der Waals surface area contributed by atoms with Gasteiger partial charge in [0.15, 0.2) is 0 Å². The maximum absolute atomic E-state index is 2.48. The smallest absolute Gasteiger partial charge is 0.00200 e. The standard InChI is InChI=1S/C46H32/c1-3-15-31(16-4-1)34-27-35(32-17-5-2-6-18-32)29-36(28-34)45-40-23-11-13-25-42(40)46(43-26-14-12-24-41(43)45)44-30-33-19-7-8-20-37(33)38-21-9-10-22-39(38)44/h1-6,8-18,20-30H,7,19H2. The van der Waals surface area contributed by atoms with Gasteiger partial charge in [-0.3, -0.25) is 0 Å². The first-order chi connectivity index (χ1) is 22.8. The highest BCUT2D eigenvalue weighted by atomic mass is 14.2. The van der Waals surface area contributed by atoms with Crippen molar-refractivity contribution in [1.82, 2.24) is 0 Å². The molecule has 0 nitrogen and oxygen atoms in total. The molecule has 0 amide bonds. The van der Waals surface area contributed by atoms with E-state index in [0.29, 0.717) is 0 Å². The molecular formula is C46H32. The molecular weight excluding hydrogens is 553 g/mol. The lowest BCUT2D eigenvalue weighted by atomic mass is 9.81. The van der Waals surface area contributed by atoms with E-state index < -0.39 is 0 Å². The van der Waals surface area contributed by atoms with Gasteiger partial charge in [0.25, 0.3) is 0 Å². The maximum Gasteiger partial charge on any atom is -0.00200 e. The monoisotopic (exact) mass is 584 g/mol. The normalized spacial score (nSPS) is 12.5. The van der Waals surface area contributed by atoms with Gasteiger partial charge in [0.2, 0.25) is 0 Å². The first-order valence-corrected chi connectivity index (χ1v) is 16.2. The summed E-state index contributed by atoms with van der Waals surface area (Å²) in [6.07, 6.45) is 6.81. The van der Waals surface area contributed by atoms with Crippen LogP contribution < -0.4 is 0 Å². The third kappa shape index (κ3) is 4.37. The summed E-state index contributed by atoms with van der Waals surface area (Å²) < 4.78 is 0. The predicted octanol–water partition coefficient (Wildman–Crippen LogP) is 12.8. The quantitative estimate of drug-likeness (QED) is 0.181. The molecule has 0 saturated carbocycles. The van der Waals surface area contributed by atoms with Crippen molar-refractivity contribution < 1.29 is 0 Å². The largest absolute Gasteiger partial charge is 0.0836 e. The average Bonchev–Trinajstić information content (AvgIpc) is 3.14. The van der Waals surface area contributed by atoms with Gasteiger partial charge in [0.05, 0.1) is 0 Å². The second-order valence-electron chi connectivity index (χ2n) is 12.4. The topological polar surface area (TPSA) is 0 Å². The summed E-state index contributed by atoms with van der Waals surface area (Å²) in [4.78, 5) is 0. The highest BCUT2D eigenvalue weighted by molar-refractivity contribution is 6.24. The highest BCUT2D eigenvalue weighted by Crippen LogP contribution is 2.47. The molecule has 0 spiro atoms. The van der Waals surface area contributed by atoms with Crippen molar-refractivity contribution >= 4 is 38.4 Å². The van der Waals surface area contributed by atoms with E-state index in [-0.39, 0.29) is 0 Å². The van der Waals surface area contributed by atoms with Crippen LogP contribution in [0.15, 0.2) is 164 Å². The zero-order chi connectivity index (χ0) is 30.5. The van der Waals surface area contributed by atoms with Crippen LogP contribution in [-0.2, 0) is 6.42 Å². The molecule has 0 N–H and O–H groups in total. The summed E-state index contributed by atoms with van der Waals surface area (Å²) in [7, 11) is 0. The van der Waals surface area contributed by atoms with E-state index >= 15 is 0 Å². The summed E-state index contributed by atoms with van der Waals surface area (Å²) >= 11 is 0. The number of hydrogen-bond donors (Lipinski definition) is 0. The van der Waals surface area contributed by atoms with Gasteiger partial charge in [-0.1, -0.05) is 146 Å². The van der Waals surface area contributed by atoms with E-state index in [0.717, 1.165) is 12.8 Å². The fraction of sp³-hybridized carbons (Fsp3) is 0.0435. The number of benzene rings is 8. The van der Waals surface area contributed by atoms with Crippen LogP contribution in [0.2, 0.25) is 0 Å². The Bertz CT molecular complexity index is 2330. The van der Waals surface area contributed by atoms with E-state index in [4.69, 9.17) is 0 Å². The number of fused-ring (bicyclic) bond motifs is 5. The Labute approximate surface area is 269 Å². The molecule has 0 fully saturated rings. The molecule has 216 valence electrons. The van der Waals surface area contributed by atoms with Crippen molar-refractivity contribution in [2.75, 3.05) is 0 Å². The first kappa shape index (κ1) is 26.7. The van der Waals surface area contributed by atoms with Gasteiger partial charge in [0.1, 0.15) is 0 Å². The summed E-state index contributed by atoms with van der Waals surface area (Å²) in [6, 6.07) is 58.2. The minimum absolute atomic E-state index is 1.08. The van der Waals surface area contributed by atoms with Gasteiger partial charge in [0, 0.05) is 0 Å². The fourth-order valence-corrected chi connectivity index (χ4v) is 7.60. The average molecular weight is 585 g/mol. The third-order valence-electron chi connectivity index (χ3n) is 9.67. The van der Waals surface area contributed by atoms with Gasteiger partial charge in [-0.15, -0.1) is 0 Å². The van der Waals surface area contributed by atoms with Crippen LogP contribution in [0, 0.1) is 0 Å². The van der Waals surface area contributed by atoms with Crippen LogP contribution in [0.1, 0.15) is 17.5 Å². The van der Waals surface area contributed by atoms with Gasteiger partial charge in [-0.05, 0) is 125 Å². The molecule has 8 aromatic carbocycles. The molecule has 0 heterocycles. The molecule has 0 aliphatic heterocycles. The van der Waals surface area contributed by atoms with Gasteiger partial charge in [-0.2, -0.15) is 0 Å². The molecule has 0 aromatic heterocycles. The minimum atomic E-state index is 1.08. The molecule has 0 radical (unpaired) electrons. The predicted molar refractivity (Wildman–Crippen MR) is 198 cm³/mol. The Hall–Kier alpha value is -5.72. The zero-order valence-electron chi connectivity index (χ0n) is 25.6. The van der Waals surface area contributed by atoms with Gasteiger partial charge >= 0.3 is 0 Å². The molecule has 9 rings (SSSR count). The number of aryl methyl sites for hydroxylation is 1. The van der Waals surface area contributed by atoms with E-state index in [1.54, 1.807) is 0 Å². The lowest BCUT2D eigenvalue weighted by molar-refractivity contribution is 0.990. The molecule has 1 aliphatic carbocycles. The first-order valence-electron chi connectivity index (χ1n) is 16.2. The Kier molecular flexibility index (Phi) is 6.39. The van der Waals surface area contributed by atoms with Gasteiger partial charge < -0.3 is 0 Å². The van der Waals surface area contributed by atoms with Crippen molar-refractivity contribution in [3.8, 4) is 44.5 Å². The highest BCUT2D eigenvalue weighted by Gasteiger charge is 2.21. The Morgan fingerprint density at radius 1 is 0.348 bits per heavy atom. The third-order valence-corrected chi connectivity index (χ3v) is 9.67. The molecule has 0 bridgehead atoms. The zero-order valence-corrected chi connectivity index (χ0v) is 25.6. The van der Waals surface area contributed by atoms with E-state index in [1.165, 1.54) is 88.0 Å². The molecule has 1 aliphatic rings.